The number of carbonyl (C=O) groups is 8. The van der Waals surface area contributed by atoms with E-state index in [-0.39, 0.29) is 99.7 Å². The molecule has 7 N–H and O–H groups in total. The molecular formula is C103H99F8N13O9S5. The molecule has 0 radical (unpaired) electrons. The van der Waals surface area contributed by atoms with E-state index in [0.29, 0.717) is 80.2 Å². The maximum absolute atomic E-state index is 14.0. The summed E-state index contributed by atoms with van der Waals surface area (Å²) in [5, 5.41) is 26.8. The predicted octanol–water partition coefficient (Wildman–Crippen LogP) is 19.7. The smallest absolute Gasteiger partial charge is 0.345 e. The normalized spacial score (nSPS) is 14.5. The lowest BCUT2D eigenvalue weighted by Gasteiger charge is -2.22. The third kappa shape index (κ3) is 22.1. The molecule has 6 aliphatic rings. The molecule has 14 aromatic rings. The fraction of sp³-hybridized carbons (Fsp3) is 0.301. The van der Waals surface area contributed by atoms with Crippen LogP contribution in [0, 0.1) is 92.0 Å². The van der Waals surface area contributed by atoms with Crippen molar-refractivity contribution >= 4 is 106 Å². The summed E-state index contributed by atoms with van der Waals surface area (Å²) in [5.41, 5.74) is 34.4. The molecule has 0 aliphatic carbocycles. The molecule has 6 aliphatic heterocycles. The summed E-state index contributed by atoms with van der Waals surface area (Å²) in [5.74, 6) is -10.5. The van der Waals surface area contributed by atoms with Crippen LogP contribution in [0.15, 0.2) is 170 Å². The summed E-state index contributed by atoms with van der Waals surface area (Å²) < 4.78 is 115. The summed E-state index contributed by atoms with van der Waals surface area (Å²) in [6.07, 6.45) is 16.9. The van der Waals surface area contributed by atoms with Crippen LogP contribution in [-0.4, -0.2) is 133 Å². The van der Waals surface area contributed by atoms with Gasteiger partial charge in [0, 0.05) is 106 Å². The Labute approximate surface area is 813 Å². The number of hydrogen-bond donors (Lipinski definition) is 4. The standard InChI is InChI=1S/C30H25F2N3O3S.2C22H23F2N3OS.C17H14F2N2O2.C12H12N2O2S.H2S/c1-17-15-33-35-10-4-7-26-22(28(17)35)14-27(39-26)25(36)13-19(11-18-8-9-23(31)24(32)12-18)16-34-29(37)20-5-2-3-6-21(20)30(34)38;2*1-13-12-26-27-6-2-3-20-16(22(13)27)10-21(29-20)19(28)9-15(11-25)7-14-4-5-17(23)18(24)8-14;18-14-6-5-10(8-15(14)19)7-11(20)9-21-16(22)12-3-1-2-4-13(12)17(21)23;1-7-6-13-14-4-2-3-9-8(11(7)14)5-10(17-9)12(15)16;/h2-3,5-6,8-9,12,14-15,19H,4,7,10-11,13,16H2,1H3;2*4-5,8,10,12,15H,2-3,6-7,9,11,25H2,1H3;1-6,8,11H,7,9,20H2;5-6H,2-4H2,1H3,(H,15,16);1H2/t19-;2*15-;11-;;/m1110../s1. The Morgan fingerprint density at radius 3 is 0.899 bits per heavy atom. The molecule has 0 fully saturated rings. The zero-order valence-electron chi connectivity index (χ0n) is 75.8. The Kier molecular flexibility index (Phi) is 31.6. The van der Waals surface area contributed by atoms with Crippen LogP contribution >= 0.6 is 58.8 Å². The number of halogens is 8. The Balaban J connectivity index is 0.000000134. The lowest BCUT2D eigenvalue weighted by Crippen LogP contribution is -2.41. The fourth-order valence-electron chi connectivity index (χ4n) is 18.4. The second kappa shape index (κ2) is 43.6. The van der Waals surface area contributed by atoms with E-state index in [1.165, 1.54) is 61.6 Å². The number of rotatable bonds is 24. The van der Waals surface area contributed by atoms with Crippen molar-refractivity contribution in [3.63, 3.8) is 0 Å². The number of carbonyl (C=O) groups excluding carboxylic acids is 7. The minimum atomic E-state index is -0.979. The molecule has 0 unspecified atom stereocenters. The molecule has 35 heteroatoms. The monoisotopic (exact) mass is 1970 g/mol. The summed E-state index contributed by atoms with van der Waals surface area (Å²) in [6, 6.07) is 35.1. The van der Waals surface area contributed by atoms with Gasteiger partial charge in [-0.1, -0.05) is 48.5 Å². The van der Waals surface area contributed by atoms with Crippen LogP contribution in [0.25, 0.3) is 45.0 Å². The molecule has 6 aromatic carbocycles. The first-order valence-corrected chi connectivity index (χ1v) is 48.4. The van der Waals surface area contributed by atoms with E-state index in [4.69, 9.17) is 22.3 Å². The predicted molar refractivity (Wildman–Crippen MR) is 519 cm³/mol. The number of carboxylic acids is 1. The van der Waals surface area contributed by atoms with E-state index in [0.717, 1.165) is 206 Å². The molecule has 4 amide bonds. The number of aryl methyl sites for hydroxylation is 12. The van der Waals surface area contributed by atoms with Gasteiger partial charge in [-0.2, -0.15) is 33.9 Å². The number of imide groups is 2. The van der Waals surface area contributed by atoms with Gasteiger partial charge in [-0.15, -0.1) is 45.3 Å². The lowest BCUT2D eigenvalue weighted by molar-refractivity contribution is 0.0612. The van der Waals surface area contributed by atoms with Crippen LogP contribution in [0.2, 0.25) is 0 Å². The first kappa shape index (κ1) is 99.9. The Morgan fingerprint density at radius 2 is 0.616 bits per heavy atom. The molecule has 0 saturated heterocycles. The SMILES string of the molecule is Cc1cnn2c1-c1cc(C(=O)C[C@@H](Cc3ccc(F)c(F)c3)CN3C(=O)c4ccccc4C3=O)sc1CCC2.Cc1cnn2c1-c1cc(C(=O)C[C@H](CN)Cc3ccc(F)c(F)c3)sc1CCC2.Cc1cnn2c1-c1cc(C(=O)C[C@H](CN)Cc3ccc(F)c(F)c3)sc1CCC2.Cc1cnn2c1-c1cc(C(=O)O)sc1CCC2.N[C@@H](Cc1ccc(F)c(F)c1)CN1C(=O)c2ccccc2C1=O.S. The number of fused-ring (bicyclic) bond motifs is 14. The molecular weight excluding hydrogens is 1880 g/mol. The molecule has 14 heterocycles. The topological polar surface area (TPSA) is 313 Å². The number of nitrogens with two attached hydrogens (primary N) is 3. The average Bonchev–Trinajstić information content (AvgIpc) is 1.66. The van der Waals surface area contributed by atoms with Gasteiger partial charge in [0.15, 0.2) is 63.9 Å². The van der Waals surface area contributed by atoms with Gasteiger partial charge in [0.05, 0.1) is 84.4 Å². The van der Waals surface area contributed by atoms with Crippen molar-refractivity contribution in [1.29, 1.82) is 0 Å². The number of nitrogens with zero attached hydrogens (tertiary/aromatic N) is 10. The second-order valence-corrected chi connectivity index (χ2v) is 39.7. The average molecular weight is 1980 g/mol. The van der Waals surface area contributed by atoms with Crippen LogP contribution in [0.1, 0.15) is 189 Å². The number of hydrogen-bond acceptors (Lipinski definition) is 19. The molecule has 0 spiro atoms. The van der Waals surface area contributed by atoms with Crippen LogP contribution in [0.3, 0.4) is 0 Å². The van der Waals surface area contributed by atoms with Gasteiger partial charge >= 0.3 is 5.97 Å². The number of amides is 4. The number of Topliss-reactive ketones (excluding diaryl/α,β-unsaturated/α-hetero) is 3. The highest BCUT2D eigenvalue weighted by atomic mass is 32.1. The van der Waals surface area contributed by atoms with E-state index in [1.54, 1.807) is 89.4 Å². The van der Waals surface area contributed by atoms with Crippen molar-refractivity contribution < 1.29 is 78.6 Å². The highest BCUT2D eigenvalue weighted by Crippen LogP contribution is 2.43. The zero-order valence-corrected chi connectivity index (χ0v) is 80.1. The Hall–Kier alpha value is -12.6. The highest BCUT2D eigenvalue weighted by molar-refractivity contribution is 7.59. The summed E-state index contributed by atoms with van der Waals surface area (Å²) >= 11 is 5.97. The number of ketones is 3. The molecule has 138 heavy (non-hydrogen) atoms. The Morgan fingerprint density at radius 1 is 0.355 bits per heavy atom. The van der Waals surface area contributed by atoms with Crippen molar-refractivity contribution in [1.82, 2.24) is 48.9 Å². The molecule has 716 valence electrons. The van der Waals surface area contributed by atoms with Gasteiger partial charge in [-0.3, -0.25) is 62.1 Å². The summed E-state index contributed by atoms with van der Waals surface area (Å²) in [7, 11) is 0. The van der Waals surface area contributed by atoms with E-state index in [9.17, 15) is 73.5 Å². The second-order valence-electron chi connectivity index (χ2n) is 35.2. The molecule has 4 atom stereocenters. The summed E-state index contributed by atoms with van der Waals surface area (Å²) in [6.45, 7) is 12.2. The minimum absolute atomic E-state index is 0. The molecule has 8 aromatic heterocycles. The van der Waals surface area contributed by atoms with E-state index < -0.39 is 76.3 Å². The first-order valence-electron chi connectivity index (χ1n) is 45.1. The summed E-state index contributed by atoms with van der Waals surface area (Å²) in [4.78, 5) is 111. The molecule has 0 saturated carbocycles. The number of thiophene rings is 4. The maximum atomic E-state index is 14.0. The molecule has 0 bridgehead atoms. The maximum Gasteiger partial charge on any atom is 0.345 e. The van der Waals surface area contributed by atoms with Gasteiger partial charge in [-0.05, 0) is 277 Å². The van der Waals surface area contributed by atoms with Gasteiger partial charge in [0.2, 0.25) is 0 Å². The van der Waals surface area contributed by atoms with Crippen molar-refractivity contribution in [3.8, 4) is 45.0 Å². The van der Waals surface area contributed by atoms with Crippen molar-refractivity contribution in [2.45, 2.75) is 156 Å². The van der Waals surface area contributed by atoms with Crippen LogP contribution in [-0.2, 0) is 77.5 Å². The number of aromatic nitrogens is 8. The van der Waals surface area contributed by atoms with Crippen molar-refractivity contribution in [2.24, 2.45) is 35.0 Å². The first-order chi connectivity index (χ1) is 65.8. The van der Waals surface area contributed by atoms with E-state index >= 15 is 0 Å². The van der Waals surface area contributed by atoms with Crippen LogP contribution in [0.4, 0.5) is 35.1 Å². The van der Waals surface area contributed by atoms with Gasteiger partial charge in [0.25, 0.3) is 23.6 Å². The van der Waals surface area contributed by atoms with Crippen LogP contribution in [0.5, 0.6) is 0 Å². The van der Waals surface area contributed by atoms with Gasteiger partial charge < -0.3 is 22.3 Å². The minimum Gasteiger partial charge on any atom is -0.477 e. The fourth-order valence-corrected chi connectivity index (χ4v) is 22.9. The third-order valence-electron chi connectivity index (χ3n) is 25.2. The quantitative estimate of drug-likeness (QED) is 0.0248. The molecule has 20 rings (SSSR count). The zero-order chi connectivity index (χ0) is 96.9. The van der Waals surface area contributed by atoms with Crippen molar-refractivity contribution in [3.05, 3.63) is 323 Å². The van der Waals surface area contributed by atoms with E-state index in [2.05, 4.69) is 20.4 Å². The number of aromatic carboxylic acids is 1. The third-order valence-corrected chi connectivity index (χ3v) is 30.1. The van der Waals surface area contributed by atoms with E-state index in [1.807, 2.05) is 89.4 Å². The van der Waals surface area contributed by atoms with Crippen LogP contribution < -0.4 is 17.2 Å². The number of benzene rings is 6. The lowest BCUT2D eigenvalue weighted by atomic mass is 9.92. The number of carboxylic acid groups (broad SMARTS) is 1. The molecule has 22 nitrogen and oxygen atoms in total. The Bertz CT molecular complexity index is 6770. The van der Waals surface area contributed by atoms with Gasteiger partial charge in [-0.25, -0.2) is 39.9 Å². The highest BCUT2D eigenvalue weighted by Gasteiger charge is 2.40. The largest absolute Gasteiger partial charge is 0.477 e. The van der Waals surface area contributed by atoms with Gasteiger partial charge in [0.1, 0.15) is 4.88 Å². The van der Waals surface area contributed by atoms with Crippen molar-refractivity contribution in [2.75, 3.05) is 26.2 Å².